The highest BCUT2D eigenvalue weighted by molar-refractivity contribution is 8.00. The van der Waals surface area contributed by atoms with E-state index < -0.39 is 27.7 Å². The monoisotopic (exact) mass is 442 g/mol. The first-order chi connectivity index (χ1) is 13.2. The van der Waals surface area contributed by atoms with Crippen molar-refractivity contribution in [2.24, 2.45) is 5.73 Å². The minimum Gasteiger partial charge on any atom is -0.455 e. The average Bonchev–Trinajstić information content (AvgIpc) is 2.59. The number of rotatable bonds is 2. The van der Waals surface area contributed by atoms with E-state index in [4.69, 9.17) is 15.0 Å². The second kappa shape index (κ2) is 8.47. The molecule has 0 saturated carbocycles. The second-order valence-corrected chi connectivity index (χ2v) is 10.4. The van der Waals surface area contributed by atoms with Crippen LogP contribution in [0.25, 0.3) is 0 Å². The number of hydrogen-bond donors (Lipinski definition) is 2. The summed E-state index contributed by atoms with van der Waals surface area (Å²) < 4.78 is 34.9. The topological polar surface area (TPSA) is 127 Å². The van der Waals surface area contributed by atoms with Crippen LogP contribution in [0, 0.1) is 6.92 Å². The number of carbonyl (C=O) groups excluding carboxylic acids is 2. The fourth-order valence-electron chi connectivity index (χ4n) is 2.70. The number of thioether (sulfide) groups is 1. The molecular weight excluding hydrogens is 416 g/mol. The van der Waals surface area contributed by atoms with Gasteiger partial charge in [0, 0.05) is 5.75 Å². The van der Waals surface area contributed by atoms with Crippen molar-refractivity contribution in [3.05, 3.63) is 41.1 Å². The van der Waals surface area contributed by atoms with Crippen molar-refractivity contribution in [1.82, 2.24) is 4.90 Å². The summed E-state index contributed by atoms with van der Waals surface area (Å²) in [6, 6.07) is 5.49. The Balaban J connectivity index is 0.000000234. The number of amides is 1. The van der Waals surface area contributed by atoms with Crippen molar-refractivity contribution in [3.8, 4) is 0 Å². The molecule has 8 nitrogen and oxygen atoms in total. The Hall–Kier alpha value is -1.88. The number of ether oxygens (including phenoxy) is 1. The van der Waals surface area contributed by atoms with Crippen LogP contribution in [0.4, 0.5) is 0 Å². The lowest BCUT2D eigenvalue weighted by atomic mass is 10.0. The molecular formula is C19H26N2O6S2. The molecule has 1 fully saturated rings. The lowest BCUT2D eigenvalue weighted by Gasteiger charge is -2.48. The molecule has 3 N–H and O–H groups in total. The number of aryl methyl sites for hydroxylation is 1. The summed E-state index contributed by atoms with van der Waals surface area (Å²) in [7, 11) is -4.02. The lowest BCUT2D eigenvalue weighted by Crippen LogP contribution is -2.68. The molecule has 0 spiro atoms. The van der Waals surface area contributed by atoms with Gasteiger partial charge in [-0.1, -0.05) is 17.7 Å². The Morgan fingerprint density at radius 2 is 1.79 bits per heavy atom. The first-order valence-corrected chi connectivity index (χ1v) is 11.4. The summed E-state index contributed by atoms with van der Waals surface area (Å²) >= 11 is 1.59. The SMILES string of the molecule is CC1=C(C(=O)OC(C)(C)C)N2C(=O)C(N)[C@@H]2SC1.Cc1ccc(S(=O)(=O)O)cc1. The van der Waals surface area contributed by atoms with Gasteiger partial charge < -0.3 is 10.5 Å². The van der Waals surface area contributed by atoms with Gasteiger partial charge in [0.25, 0.3) is 10.1 Å². The third-order valence-electron chi connectivity index (χ3n) is 4.11. The predicted octanol–water partition coefficient (Wildman–Crippen LogP) is 2.09. The number of benzene rings is 1. The van der Waals surface area contributed by atoms with Gasteiger partial charge in [0.05, 0.1) is 4.90 Å². The van der Waals surface area contributed by atoms with Crippen molar-refractivity contribution in [3.63, 3.8) is 0 Å². The number of nitrogens with zero attached hydrogens (tertiary/aromatic N) is 1. The molecule has 1 amide bonds. The summed E-state index contributed by atoms with van der Waals surface area (Å²) in [6.45, 7) is 9.10. The minimum absolute atomic E-state index is 0.0666. The van der Waals surface area contributed by atoms with Crippen LogP contribution in [0.1, 0.15) is 33.3 Å². The molecule has 10 heteroatoms. The molecule has 0 aromatic heterocycles. The third-order valence-corrected chi connectivity index (χ3v) is 6.42. The van der Waals surface area contributed by atoms with Crippen molar-refractivity contribution in [1.29, 1.82) is 0 Å². The van der Waals surface area contributed by atoms with Gasteiger partial charge in [0.1, 0.15) is 22.7 Å². The highest BCUT2D eigenvalue weighted by Crippen LogP contribution is 2.39. The molecule has 1 aromatic carbocycles. The van der Waals surface area contributed by atoms with Gasteiger partial charge in [-0.3, -0.25) is 14.2 Å². The van der Waals surface area contributed by atoms with Crippen molar-refractivity contribution in [2.45, 2.75) is 56.5 Å². The molecule has 2 heterocycles. The molecule has 0 bridgehead atoms. The number of carbonyl (C=O) groups is 2. The molecule has 0 aliphatic carbocycles. The quantitative estimate of drug-likeness (QED) is 0.405. The Kier molecular flexibility index (Phi) is 6.83. The highest BCUT2D eigenvalue weighted by Gasteiger charge is 2.51. The minimum atomic E-state index is -4.02. The Labute approximate surface area is 175 Å². The summed E-state index contributed by atoms with van der Waals surface area (Å²) in [5.74, 6) is 0.0643. The van der Waals surface area contributed by atoms with Crippen molar-refractivity contribution < 1.29 is 27.3 Å². The van der Waals surface area contributed by atoms with Crippen LogP contribution in [0.3, 0.4) is 0 Å². The summed E-state index contributed by atoms with van der Waals surface area (Å²) in [4.78, 5) is 25.3. The summed E-state index contributed by atoms with van der Waals surface area (Å²) in [5.41, 5.74) is 7.35. The maximum absolute atomic E-state index is 12.1. The van der Waals surface area contributed by atoms with Crippen molar-refractivity contribution >= 4 is 33.8 Å². The molecule has 1 unspecified atom stereocenters. The van der Waals surface area contributed by atoms with E-state index in [1.165, 1.54) is 17.0 Å². The van der Waals surface area contributed by atoms with Gasteiger partial charge in [0.2, 0.25) is 5.91 Å². The molecule has 2 aliphatic rings. The maximum Gasteiger partial charge on any atom is 0.355 e. The van der Waals surface area contributed by atoms with E-state index >= 15 is 0 Å². The van der Waals surface area contributed by atoms with E-state index in [-0.39, 0.29) is 16.2 Å². The standard InChI is InChI=1S/C12H18N2O3S.C7H8O3S/c1-6-5-18-10-7(13)9(15)14(10)8(6)11(16)17-12(2,3)4;1-6-2-4-7(5-3-6)11(8,9)10/h7,10H,5,13H2,1-4H3;2-5H,1H3,(H,8,9,10)/t7?,10-;/m0./s1. The third kappa shape index (κ3) is 5.59. The zero-order chi connectivity index (χ0) is 22.1. The van der Waals surface area contributed by atoms with Crippen LogP contribution in [0.5, 0.6) is 0 Å². The van der Waals surface area contributed by atoms with Gasteiger partial charge in [-0.15, -0.1) is 11.8 Å². The lowest BCUT2D eigenvalue weighted by molar-refractivity contribution is -0.158. The van der Waals surface area contributed by atoms with Gasteiger partial charge >= 0.3 is 5.97 Å². The average molecular weight is 443 g/mol. The van der Waals surface area contributed by atoms with Crippen LogP contribution in [0.2, 0.25) is 0 Å². The molecule has 160 valence electrons. The first kappa shape index (κ1) is 23.4. The number of nitrogens with two attached hydrogens (primary N) is 1. The van der Waals surface area contributed by atoms with Gasteiger partial charge in [-0.2, -0.15) is 8.42 Å². The molecule has 2 atom stereocenters. The van der Waals surface area contributed by atoms with E-state index in [2.05, 4.69) is 0 Å². The Bertz CT molecular complexity index is 932. The summed E-state index contributed by atoms with van der Waals surface area (Å²) in [5, 5.41) is -0.122. The summed E-state index contributed by atoms with van der Waals surface area (Å²) in [6.07, 6.45) is 0. The van der Waals surface area contributed by atoms with Crippen LogP contribution in [-0.2, 0) is 24.4 Å². The molecule has 29 heavy (non-hydrogen) atoms. The first-order valence-electron chi connectivity index (χ1n) is 8.90. The highest BCUT2D eigenvalue weighted by atomic mass is 32.2. The smallest absolute Gasteiger partial charge is 0.355 e. The molecule has 2 aliphatic heterocycles. The molecule has 1 saturated heterocycles. The molecule has 0 radical (unpaired) electrons. The van der Waals surface area contributed by atoms with Gasteiger partial charge in [-0.05, 0) is 52.3 Å². The zero-order valence-corrected chi connectivity index (χ0v) is 18.6. The van der Waals surface area contributed by atoms with Crippen LogP contribution in [-0.4, -0.2) is 52.5 Å². The number of β-lactam (4-membered cyclic amide) rings is 1. The van der Waals surface area contributed by atoms with Crippen LogP contribution < -0.4 is 5.73 Å². The van der Waals surface area contributed by atoms with E-state index in [0.29, 0.717) is 11.4 Å². The molecule has 3 rings (SSSR count). The van der Waals surface area contributed by atoms with Crippen LogP contribution >= 0.6 is 11.8 Å². The Morgan fingerprint density at radius 3 is 2.28 bits per heavy atom. The fraction of sp³-hybridized carbons (Fsp3) is 0.474. The van der Waals surface area contributed by atoms with E-state index in [1.54, 1.807) is 44.7 Å². The fourth-order valence-corrected chi connectivity index (χ4v) is 4.42. The predicted molar refractivity (Wildman–Crippen MR) is 111 cm³/mol. The van der Waals surface area contributed by atoms with Crippen LogP contribution in [0.15, 0.2) is 40.4 Å². The number of fused-ring (bicyclic) bond motifs is 1. The normalized spacial score (nSPS) is 21.6. The van der Waals surface area contributed by atoms with E-state index in [0.717, 1.165) is 11.1 Å². The van der Waals surface area contributed by atoms with E-state index in [9.17, 15) is 18.0 Å². The second-order valence-electron chi connectivity index (χ2n) is 7.85. The number of hydrogen-bond acceptors (Lipinski definition) is 7. The van der Waals surface area contributed by atoms with Crippen molar-refractivity contribution in [2.75, 3.05) is 5.75 Å². The number of esters is 1. The van der Waals surface area contributed by atoms with Gasteiger partial charge in [-0.25, -0.2) is 4.79 Å². The zero-order valence-electron chi connectivity index (χ0n) is 17.0. The Morgan fingerprint density at radius 1 is 1.24 bits per heavy atom. The van der Waals surface area contributed by atoms with Gasteiger partial charge in [0.15, 0.2) is 0 Å². The maximum atomic E-state index is 12.1. The largest absolute Gasteiger partial charge is 0.455 e. The van der Waals surface area contributed by atoms with E-state index in [1.807, 2.05) is 13.8 Å². The molecule has 1 aromatic rings.